The van der Waals surface area contributed by atoms with Crippen molar-refractivity contribution in [2.24, 2.45) is 5.41 Å². The summed E-state index contributed by atoms with van der Waals surface area (Å²) in [4.78, 5) is 29.0. The van der Waals surface area contributed by atoms with Gasteiger partial charge in [-0.25, -0.2) is 0 Å². The number of nitrogens with zero attached hydrogens (tertiary/aromatic N) is 2. The normalized spacial score (nSPS) is 22.9. The van der Waals surface area contributed by atoms with Crippen LogP contribution in [-0.4, -0.2) is 65.5 Å². The molecule has 23 heavy (non-hydrogen) atoms. The number of piperidine rings is 1. The Bertz CT molecular complexity index is 420. The van der Waals surface area contributed by atoms with E-state index >= 15 is 0 Å². The van der Waals surface area contributed by atoms with Crippen molar-refractivity contribution in [1.29, 1.82) is 0 Å². The molecule has 2 fully saturated rings. The van der Waals surface area contributed by atoms with Crippen molar-refractivity contribution in [2.75, 3.05) is 31.8 Å². The lowest BCUT2D eigenvalue weighted by Crippen LogP contribution is -2.52. The summed E-state index contributed by atoms with van der Waals surface area (Å²) in [5, 5.41) is 3.28. The molecule has 0 aromatic rings. The zero-order chi connectivity index (χ0) is 16.3. The molecule has 7 heteroatoms. The Hall–Kier alpha value is -0.460. The predicted molar refractivity (Wildman–Crippen MR) is 97.9 cm³/mol. The van der Waals surface area contributed by atoms with Crippen LogP contribution in [0.2, 0.25) is 0 Å². The third kappa shape index (κ3) is 5.54. The molecule has 2 heterocycles. The fourth-order valence-electron chi connectivity index (χ4n) is 3.05. The summed E-state index contributed by atoms with van der Waals surface area (Å²) in [6.45, 7) is 7.79. The van der Waals surface area contributed by atoms with Crippen LogP contribution in [0, 0.1) is 5.41 Å². The number of halogens is 1. The molecule has 0 aromatic carbocycles. The lowest BCUT2D eigenvalue weighted by molar-refractivity contribution is -0.145. The smallest absolute Gasteiger partial charge is 0.246 e. The molecule has 2 saturated heterocycles. The Morgan fingerprint density at radius 2 is 1.83 bits per heavy atom. The Balaban J connectivity index is 0.00000264. The number of nitrogens with one attached hydrogen (secondary N) is 1. The van der Waals surface area contributed by atoms with Crippen molar-refractivity contribution in [3.63, 3.8) is 0 Å². The quantitative estimate of drug-likeness (QED) is 0.832. The van der Waals surface area contributed by atoms with Gasteiger partial charge in [0, 0.05) is 31.3 Å². The van der Waals surface area contributed by atoms with Gasteiger partial charge in [-0.05, 0) is 25.3 Å². The summed E-state index contributed by atoms with van der Waals surface area (Å²) < 4.78 is 0. The Kier molecular flexibility index (Phi) is 7.68. The fraction of sp³-hybridized carbons (Fsp3) is 0.875. The van der Waals surface area contributed by atoms with Gasteiger partial charge in [0.1, 0.15) is 6.04 Å². The van der Waals surface area contributed by atoms with E-state index in [9.17, 15) is 9.59 Å². The summed E-state index contributed by atoms with van der Waals surface area (Å²) in [6.07, 6.45) is 2.50. The minimum Gasteiger partial charge on any atom is -0.341 e. The highest BCUT2D eigenvalue weighted by Gasteiger charge is 2.38. The number of hydrogen-bond donors (Lipinski definition) is 1. The first-order chi connectivity index (χ1) is 10.3. The molecule has 2 aliphatic rings. The van der Waals surface area contributed by atoms with Gasteiger partial charge in [0.25, 0.3) is 0 Å². The molecule has 0 radical (unpaired) electrons. The molecule has 0 spiro atoms. The van der Waals surface area contributed by atoms with Crippen LogP contribution in [0.4, 0.5) is 0 Å². The maximum absolute atomic E-state index is 12.8. The van der Waals surface area contributed by atoms with Crippen molar-refractivity contribution < 1.29 is 9.59 Å². The van der Waals surface area contributed by atoms with Crippen molar-refractivity contribution >= 4 is 36.0 Å². The van der Waals surface area contributed by atoms with E-state index in [1.54, 1.807) is 16.7 Å². The first kappa shape index (κ1) is 20.6. The molecule has 0 bridgehead atoms. The number of carbonyl (C=O) groups excluding carboxylic acids is 2. The van der Waals surface area contributed by atoms with Crippen LogP contribution in [0.1, 0.15) is 40.0 Å². The van der Waals surface area contributed by atoms with E-state index < -0.39 is 0 Å². The van der Waals surface area contributed by atoms with Gasteiger partial charge in [-0.15, -0.1) is 24.2 Å². The van der Waals surface area contributed by atoms with Gasteiger partial charge < -0.3 is 15.1 Å². The first-order valence-corrected chi connectivity index (χ1v) is 9.30. The van der Waals surface area contributed by atoms with Gasteiger partial charge in [0.05, 0.1) is 5.88 Å². The molecule has 1 unspecified atom stereocenters. The number of likely N-dealkylation sites (tertiary alicyclic amines) is 1. The molecule has 1 atom stereocenters. The standard InChI is InChI=1S/C16H29N3O2S.ClH/c1-16(2,3)9-14(20)19-11-22-10-13(19)15(21)18-7-5-12(17-4)6-8-18;/h12-13,17H,5-11H2,1-4H3;1H. The van der Waals surface area contributed by atoms with Crippen LogP contribution in [0.15, 0.2) is 0 Å². The van der Waals surface area contributed by atoms with Crippen LogP contribution in [0.5, 0.6) is 0 Å². The number of carbonyl (C=O) groups is 2. The molecule has 0 aliphatic carbocycles. The maximum Gasteiger partial charge on any atom is 0.246 e. The largest absolute Gasteiger partial charge is 0.341 e. The highest BCUT2D eigenvalue weighted by molar-refractivity contribution is 7.99. The molecular formula is C16H30ClN3O2S. The lowest BCUT2D eigenvalue weighted by atomic mass is 9.91. The summed E-state index contributed by atoms with van der Waals surface area (Å²) in [5.41, 5.74) is -0.0386. The van der Waals surface area contributed by atoms with Crippen LogP contribution in [0.25, 0.3) is 0 Å². The van der Waals surface area contributed by atoms with Crippen molar-refractivity contribution in [2.45, 2.75) is 52.1 Å². The Morgan fingerprint density at radius 3 is 2.35 bits per heavy atom. The van der Waals surface area contributed by atoms with Crippen molar-refractivity contribution in [1.82, 2.24) is 15.1 Å². The van der Waals surface area contributed by atoms with E-state index in [0.717, 1.165) is 31.7 Å². The fourth-order valence-corrected chi connectivity index (χ4v) is 4.22. The summed E-state index contributed by atoms with van der Waals surface area (Å²) in [5.74, 6) is 1.64. The molecule has 0 saturated carbocycles. The monoisotopic (exact) mass is 363 g/mol. The highest BCUT2D eigenvalue weighted by atomic mass is 35.5. The van der Waals surface area contributed by atoms with Crippen molar-refractivity contribution in [3.05, 3.63) is 0 Å². The van der Waals surface area contributed by atoms with Gasteiger partial charge in [0.15, 0.2) is 0 Å². The molecule has 2 amide bonds. The van der Waals surface area contributed by atoms with Gasteiger partial charge in [-0.2, -0.15) is 0 Å². The first-order valence-electron chi connectivity index (χ1n) is 8.15. The molecule has 2 rings (SSSR count). The van der Waals surface area contributed by atoms with E-state index in [2.05, 4.69) is 26.1 Å². The van der Waals surface area contributed by atoms with Crippen molar-refractivity contribution in [3.8, 4) is 0 Å². The number of hydrogen-bond acceptors (Lipinski definition) is 4. The minimum absolute atomic E-state index is 0. The van der Waals surface area contributed by atoms with Crippen LogP contribution in [-0.2, 0) is 9.59 Å². The number of rotatable bonds is 3. The topological polar surface area (TPSA) is 52.7 Å². The van der Waals surface area contributed by atoms with E-state index in [-0.39, 0.29) is 35.7 Å². The Morgan fingerprint density at radius 1 is 1.22 bits per heavy atom. The van der Waals surface area contributed by atoms with Crippen LogP contribution in [0.3, 0.4) is 0 Å². The van der Waals surface area contributed by atoms with Gasteiger partial charge >= 0.3 is 0 Å². The number of amides is 2. The van der Waals surface area contributed by atoms with E-state index in [1.165, 1.54) is 0 Å². The third-order valence-electron chi connectivity index (χ3n) is 4.38. The van der Waals surface area contributed by atoms with Gasteiger partial charge in [-0.3, -0.25) is 9.59 Å². The van der Waals surface area contributed by atoms with E-state index in [4.69, 9.17) is 0 Å². The average molecular weight is 364 g/mol. The zero-order valence-electron chi connectivity index (χ0n) is 14.6. The lowest BCUT2D eigenvalue weighted by Gasteiger charge is -2.35. The second-order valence-corrected chi connectivity index (χ2v) is 8.50. The molecule has 134 valence electrons. The third-order valence-corrected chi connectivity index (χ3v) is 5.40. The van der Waals surface area contributed by atoms with E-state index in [0.29, 0.717) is 18.3 Å². The number of thioether (sulfide) groups is 1. The zero-order valence-corrected chi connectivity index (χ0v) is 16.3. The molecular weight excluding hydrogens is 334 g/mol. The van der Waals surface area contributed by atoms with Gasteiger partial charge in [-0.1, -0.05) is 20.8 Å². The second kappa shape index (κ2) is 8.58. The predicted octanol–water partition coefficient (Wildman–Crippen LogP) is 1.96. The van der Waals surface area contributed by atoms with Crippen LogP contribution < -0.4 is 5.32 Å². The SMILES string of the molecule is CNC1CCN(C(=O)C2CSCN2C(=O)CC(C)(C)C)CC1.Cl. The van der Waals surface area contributed by atoms with Gasteiger partial charge in [0.2, 0.25) is 11.8 Å². The van der Waals surface area contributed by atoms with Crippen LogP contribution >= 0.6 is 24.2 Å². The molecule has 1 N–H and O–H groups in total. The summed E-state index contributed by atoms with van der Waals surface area (Å²) in [7, 11) is 1.97. The second-order valence-electron chi connectivity index (χ2n) is 7.50. The average Bonchev–Trinajstić information content (AvgIpc) is 2.94. The highest BCUT2D eigenvalue weighted by Crippen LogP contribution is 2.28. The molecule has 5 nitrogen and oxygen atoms in total. The summed E-state index contributed by atoms with van der Waals surface area (Å²) >= 11 is 1.69. The van der Waals surface area contributed by atoms with E-state index in [1.807, 2.05) is 11.9 Å². The minimum atomic E-state index is -0.258. The molecule has 2 aliphatic heterocycles. The molecule has 0 aromatic heterocycles. The maximum atomic E-state index is 12.8. The Labute approximate surface area is 150 Å². The summed E-state index contributed by atoms with van der Waals surface area (Å²) in [6, 6.07) is 0.256.